The smallest absolute Gasteiger partial charge is 0.422 e. The van der Waals surface area contributed by atoms with Gasteiger partial charge in [-0.25, -0.2) is 4.99 Å². The lowest BCUT2D eigenvalue weighted by atomic mass is 10.1. The standard InChI is InChI=1S/C19H28F3N3O2/c1-3-23-18(25-11-9-17(10-12-25)26-4-2)24-13-15-5-7-16(8-6-15)27-14-19(20,21)22/h5-8,17H,3-4,9-14H2,1-2H3,(H,23,24). The van der Waals surface area contributed by atoms with Crippen LogP contribution in [0.5, 0.6) is 5.75 Å². The van der Waals surface area contributed by atoms with Crippen molar-refractivity contribution in [3.05, 3.63) is 29.8 Å². The van der Waals surface area contributed by atoms with E-state index in [0.717, 1.165) is 50.6 Å². The molecule has 152 valence electrons. The van der Waals surface area contributed by atoms with Crippen molar-refractivity contribution in [3.8, 4) is 5.75 Å². The van der Waals surface area contributed by atoms with Crippen molar-refractivity contribution in [2.75, 3.05) is 32.8 Å². The summed E-state index contributed by atoms with van der Waals surface area (Å²) in [4.78, 5) is 6.89. The van der Waals surface area contributed by atoms with Crippen LogP contribution in [0.25, 0.3) is 0 Å². The Bertz CT molecular complexity index is 583. The van der Waals surface area contributed by atoms with Crippen LogP contribution in [-0.4, -0.2) is 56.0 Å². The van der Waals surface area contributed by atoms with Crippen LogP contribution in [0.2, 0.25) is 0 Å². The highest BCUT2D eigenvalue weighted by atomic mass is 19.4. The van der Waals surface area contributed by atoms with Crippen LogP contribution in [0.1, 0.15) is 32.3 Å². The SMILES string of the molecule is CCNC(=NCc1ccc(OCC(F)(F)F)cc1)N1CCC(OCC)CC1. The number of likely N-dealkylation sites (tertiary alicyclic amines) is 1. The Balaban J connectivity index is 1.90. The third kappa shape index (κ3) is 7.66. The van der Waals surface area contributed by atoms with Crippen LogP contribution >= 0.6 is 0 Å². The zero-order valence-corrected chi connectivity index (χ0v) is 15.9. The average Bonchev–Trinajstić information content (AvgIpc) is 2.65. The van der Waals surface area contributed by atoms with Crippen LogP contribution < -0.4 is 10.1 Å². The zero-order chi connectivity index (χ0) is 19.7. The Hall–Kier alpha value is -1.96. The van der Waals surface area contributed by atoms with E-state index in [1.165, 1.54) is 12.1 Å². The number of guanidine groups is 1. The second kappa shape index (κ2) is 10.4. The molecule has 1 N–H and O–H groups in total. The van der Waals surface area contributed by atoms with E-state index in [4.69, 9.17) is 9.47 Å². The molecule has 0 unspecified atom stereocenters. The quantitative estimate of drug-likeness (QED) is 0.574. The molecule has 1 aromatic rings. The minimum Gasteiger partial charge on any atom is -0.484 e. The summed E-state index contributed by atoms with van der Waals surface area (Å²) in [5.74, 6) is 1.05. The summed E-state index contributed by atoms with van der Waals surface area (Å²) >= 11 is 0. The molecule has 0 atom stereocenters. The maximum absolute atomic E-state index is 12.2. The van der Waals surface area contributed by atoms with Gasteiger partial charge in [-0.2, -0.15) is 13.2 Å². The van der Waals surface area contributed by atoms with E-state index in [0.29, 0.717) is 12.6 Å². The van der Waals surface area contributed by atoms with Crippen LogP contribution in [0, 0.1) is 0 Å². The number of halogens is 3. The Morgan fingerprint density at radius 2 is 1.85 bits per heavy atom. The van der Waals surface area contributed by atoms with E-state index in [2.05, 4.69) is 15.2 Å². The largest absolute Gasteiger partial charge is 0.484 e. The molecule has 5 nitrogen and oxygen atoms in total. The summed E-state index contributed by atoms with van der Waals surface area (Å²) in [7, 11) is 0. The summed E-state index contributed by atoms with van der Waals surface area (Å²) in [5, 5.41) is 3.30. The number of hydrogen-bond acceptors (Lipinski definition) is 3. The monoisotopic (exact) mass is 387 g/mol. The molecule has 0 bridgehead atoms. The van der Waals surface area contributed by atoms with Gasteiger partial charge in [0.2, 0.25) is 0 Å². The van der Waals surface area contributed by atoms with Crippen LogP contribution in [0.4, 0.5) is 13.2 Å². The van der Waals surface area contributed by atoms with Crippen molar-refractivity contribution in [2.24, 2.45) is 4.99 Å². The molecule has 1 fully saturated rings. The molecule has 0 aliphatic carbocycles. The van der Waals surface area contributed by atoms with Crippen molar-refractivity contribution in [3.63, 3.8) is 0 Å². The number of benzene rings is 1. The lowest BCUT2D eigenvalue weighted by Crippen LogP contribution is -2.47. The van der Waals surface area contributed by atoms with E-state index in [1.54, 1.807) is 12.1 Å². The number of piperidine rings is 1. The van der Waals surface area contributed by atoms with Crippen molar-refractivity contribution in [1.82, 2.24) is 10.2 Å². The van der Waals surface area contributed by atoms with E-state index in [1.807, 2.05) is 13.8 Å². The number of hydrogen-bond donors (Lipinski definition) is 1. The van der Waals surface area contributed by atoms with Crippen LogP contribution in [0.15, 0.2) is 29.3 Å². The number of aliphatic imine (C=N–C) groups is 1. The van der Waals surface area contributed by atoms with E-state index < -0.39 is 12.8 Å². The Kier molecular flexibility index (Phi) is 8.22. The second-order valence-corrected chi connectivity index (χ2v) is 6.36. The molecule has 0 spiro atoms. The Labute approximate surface area is 158 Å². The van der Waals surface area contributed by atoms with Crippen LogP contribution in [-0.2, 0) is 11.3 Å². The fourth-order valence-corrected chi connectivity index (χ4v) is 2.92. The highest BCUT2D eigenvalue weighted by molar-refractivity contribution is 5.80. The molecule has 8 heteroatoms. The lowest BCUT2D eigenvalue weighted by Gasteiger charge is -2.34. The van der Waals surface area contributed by atoms with Crippen molar-refractivity contribution >= 4 is 5.96 Å². The Morgan fingerprint density at radius 1 is 1.19 bits per heavy atom. The normalized spacial score (nSPS) is 16.5. The number of ether oxygens (including phenoxy) is 2. The first-order valence-corrected chi connectivity index (χ1v) is 9.34. The topological polar surface area (TPSA) is 46.1 Å². The molecule has 0 aromatic heterocycles. The van der Waals surface area contributed by atoms with E-state index >= 15 is 0 Å². The maximum Gasteiger partial charge on any atom is 0.422 e. The number of alkyl halides is 3. The number of rotatable bonds is 7. The molecule has 0 radical (unpaired) electrons. The third-order valence-electron chi connectivity index (χ3n) is 4.22. The van der Waals surface area contributed by atoms with Gasteiger partial charge in [-0.3, -0.25) is 0 Å². The average molecular weight is 387 g/mol. The van der Waals surface area contributed by atoms with Crippen molar-refractivity contribution < 1.29 is 22.6 Å². The molecule has 0 saturated carbocycles. The minimum atomic E-state index is -4.33. The van der Waals surface area contributed by atoms with Gasteiger partial charge < -0.3 is 19.7 Å². The van der Waals surface area contributed by atoms with Gasteiger partial charge in [0, 0.05) is 26.2 Å². The molecular formula is C19H28F3N3O2. The molecule has 1 aliphatic rings. The summed E-state index contributed by atoms with van der Waals surface area (Å²) in [6.07, 6.45) is -2.06. The van der Waals surface area contributed by atoms with Gasteiger partial charge in [0.05, 0.1) is 12.6 Å². The first-order chi connectivity index (χ1) is 12.9. The molecule has 27 heavy (non-hydrogen) atoms. The number of nitrogens with one attached hydrogen (secondary N) is 1. The molecule has 1 saturated heterocycles. The zero-order valence-electron chi connectivity index (χ0n) is 15.9. The number of nitrogens with zero attached hydrogens (tertiary/aromatic N) is 2. The predicted molar refractivity (Wildman–Crippen MR) is 99.0 cm³/mol. The fourth-order valence-electron chi connectivity index (χ4n) is 2.92. The molecule has 1 aliphatic heterocycles. The molecular weight excluding hydrogens is 359 g/mol. The highest BCUT2D eigenvalue weighted by Gasteiger charge is 2.28. The van der Waals surface area contributed by atoms with Crippen molar-refractivity contribution in [1.29, 1.82) is 0 Å². The highest BCUT2D eigenvalue weighted by Crippen LogP contribution is 2.19. The summed E-state index contributed by atoms with van der Waals surface area (Å²) in [6.45, 7) is 6.49. The molecule has 1 aromatic carbocycles. The minimum absolute atomic E-state index is 0.199. The summed E-state index contributed by atoms with van der Waals surface area (Å²) in [5.41, 5.74) is 0.911. The maximum atomic E-state index is 12.2. The molecule has 0 amide bonds. The van der Waals surface area contributed by atoms with E-state index in [9.17, 15) is 13.2 Å². The van der Waals surface area contributed by atoms with E-state index in [-0.39, 0.29) is 5.75 Å². The van der Waals surface area contributed by atoms with Gasteiger partial charge in [0.1, 0.15) is 5.75 Å². The van der Waals surface area contributed by atoms with Gasteiger partial charge in [-0.15, -0.1) is 0 Å². The summed E-state index contributed by atoms with van der Waals surface area (Å²) in [6, 6.07) is 6.55. The Morgan fingerprint density at radius 3 is 2.41 bits per heavy atom. The van der Waals surface area contributed by atoms with Gasteiger partial charge in [-0.05, 0) is 44.4 Å². The molecule has 1 heterocycles. The first-order valence-electron chi connectivity index (χ1n) is 9.34. The van der Waals surface area contributed by atoms with Crippen LogP contribution in [0.3, 0.4) is 0 Å². The van der Waals surface area contributed by atoms with Crippen molar-refractivity contribution in [2.45, 2.75) is 45.5 Å². The third-order valence-corrected chi connectivity index (χ3v) is 4.22. The summed E-state index contributed by atoms with van der Waals surface area (Å²) < 4.78 is 47.0. The van der Waals surface area contributed by atoms with Gasteiger partial charge in [0.15, 0.2) is 12.6 Å². The fraction of sp³-hybridized carbons (Fsp3) is 0.632. The van der Waals surface area contributed by atoms with Gasteiger partial charge >= 0.3 is 6.18 Å². The first kappa shape index (κ1) is 21.3. The second-order valence-electron chi connectivity index (χ2n) is 6.36. The van der Waals surface area contributed by atoms with Gasteiger partial charge in [0.25, 0.3) is 0 Å². The van der Waals surface area contributed by atoms with Gasteiger partial charge in [-0.1, -0.05) is 12.1 Å². The predicted octanol–water partition coefficient (Wildman–Crippen LogP) is 3.59. The lowest BCUT2D eigenvalue weighted by molar-refractivity contribution is -0.153. The molecule has 2 rings (SSSR count).